The normalized spacial score (nSPS) is 29.9. The molecule has 0 bridgehead atoms. The summed E-state index contributed by atoms with van der Waals surface area (Å²) < 4.78 is 5.39. The Labute approximate surface area is 164 Å². The van der Waals surface area contributed by atoms with Crippen LogP contribution in [0.4, 0.5) is 5.95 Å². The summed E-state index contributed by atoms with van der Waals surface area (Å²) in [5.74, 6) is 0.924. The number of carbonyl (C=O) groups is 1. The molecule has 1 N–H and O–H groups in total. The number of amides is 1. The van der Waals surface area contributed by atoms with E-state index in [1.54, 1.807) is 12.4 Å². The van der Waals surface area contributed by atoms with Crippen molar-refractivity contribution < 1.29 is 14.6 Å². The number of hydrogen-bond acceptors (Lipinski definition) is 6. The molecule has 4 heterocycles. The second-order valence-electron chi connectivity index (χ2n) is 8.04. The second kappa shape index (κ2) is 7.89. The van der Waals surface area contributed by atoms with Crippen molar-refractivity contribution >= 4 is 23.5 Å². The van der Waals surface area contributed by atoms with Gasteiger partial charge < -0.3 is 19.6 Å². The van der Waals surface area contributed by atoms with Gasteiger partial charge in [-0.1, -0.05) is 11.6 Å². The lowest BCUT2D eigenvalue weighted by Gasteiger charge is -2.51. The Morgan fingerprint density at radius 3 is 2.67 bits per heavy atom. The van der Waals surface area contributed by atoms with Crippen LogP contribution in [0, 0.1) is 11.3 Å². The number of piperidine rings is 2. The van der Waals surface area contributed by atoms with Crippen LogP contribution >= 0.6 is 11.6 Å². The molecular formula is C19H27ClN4O3. The van der Waals surface area contributed by atoms with Crippen LogP contribution < -0.4 is 4.90 Å². The molecular weight excluding hydrogens is 368 g/mol. The average Bonchev–Trinajstić information content (AvgIpc) is 2.71. The summed E-state index contributed by atoms with van der Waals surface area (Å²) in [6.45, 7) is 4.09. The summed E-state index contributed by atoms with van der Waals surface area (Å²) >= 11 is 5.91. The van der Waals surface area contributed by atoms with Gasteiger partial charge in [0, 0.05) is 50.7 Å². The highest BCUT2D eigenvalue weighted by molar-refractivity contribution is 6.30. The van der Waals surface area contributed by atoms with Crippen LogP contribution in [0.15, 0.2) is 12.4 Å². The highest BCUT2D eigenvalue weighted by atomic mass is 35.5. The zero-order valence-electron chi connectivity index (χ0n) is 15.5. The van der Waals surface area contributed by atoms with Crippen molar-refractivity contribution in [1.29, 1.82) is 0 Å². The van der Waals surface area contributed by atoms with E-state index in [1.165, 1.54) is 0 Å². The number of aromatic nitrogens is 2. The Kier molecular flexibility index (Phi) is 5.53. The van der Waals surface area contributed by atoms with E-state index in [0.717, 1.165) is 32.2 Å². The highest BCUT2D eigenvalue weighted by Gasteiger charge is 2.47. The van der Waals surface area contributed by atoms with Gasteiger partial charge in [-0.25, -0.2) is 9.97 Å². The Morgan fingerprint density at radius 1 is 1.19 bits per heavy atom. The van der Waals surface area contributed by atoms with E-state index >= 15 is 0 Å². The number of anilines is 1. The predicted molar refractivity (Wildman–Crippen MR) is 102 cm³/mol. The molecule has 3 aliphatic rings. The fourth-order valence-corrected chi connectivity index (χ4v) is 4.84. The van der Waals surface area contributed by atoms with Gasteiger partial charge in [0.2, 0.25) is 11.9 Å². The third kappa shape index (κ3) is 3.91. The molecule has 0 radical (unpaired) electrons. The summed E-state index contributed by atoms with van der Waals surface area (Å²) in [6.07, 6.45) is 6.88. The second-order valence-corrected chi connectivity index (χ2v) is 8.48. The molecule has 1 amide bonds. The van der Waals surface area contributed by atoms with Crippen molar-refractivity contribution in [3.63, 3.8) is 0 Å². The van der Waals surface area contributed by atoms with Gasteiger partial charge in [0.1, 0.15) is 0 Å². The number of nitrogens with zero attached hydrogens (tertiary/aromatic N) is 4. The number of aliphatic hydroxyl groups is 1. The molecule has 3 saturated heterocycles. The summed E-state index contributed by atoms with van der Waals surface area (Å²) in [4.78, 5) is 25.8. The standard InChI is InChI=1S/C19H27ClN4O3/c20-15-10-21-18(22-11-15)24-7-2-16(25)19(13-24)5-1-6-23(12-19)17(26)14-3-8-27-9-4-14/h10-11,14,16,25H,1-9,12-13H2/t16-,19+/m1/s1. The molecule has 0 aliphatic carbocycles. The van der Waals surface area contributed by atoms with Gasteiger partial charge in [-0.3, -0.25) is 4.79 Å². The van der Waals surface area contributed by atoms with E-state index in [2.05, 4.69) is 14.9 Å². The zero-order valence-corrected chi connectivity index (χ0v) is 16.3. The van der Waals surface area contributed by atoms with Crippen molar-refractivity contribution in [2.75, 3.05) is 44.3 Å². The molecule has 3 fully saturated rings. The smallest absolute Gasteiger partial charge is 0.225 e. The fourth-order valence-electron chi connectivity index (χ4n) is 4.74. The van der Waals surface area contributed by atoms with Crippen molar-refractivity contribution in [2.45, 2.75) is 38.2 Å². The first-order chi connectivity index (χ1) is 13.1. The quantitative estimate of drug-likeness (QED) is 0.823. The third-order valence-corrected chi connectivity index (χ3v) is 6.46. The van der Waals surface area contributed by atoms with Crippen LogP contribution in [0.3, 0.4) is 0 Å². The fraction of sp³-hybridized carbons (Fsp3) is 0.737. The van der Waals surface area contributed by atoms with Crippen LogP contribution in [0.1, 0.15) is 32.1 Å². The first-order valence-electron chi connectivity index (χ1n) is 9.84. The maximum absolute atomic E-state index is 13.0. The third-order valence-electron chi connectivity index (χ3n) is 6.27. The van der Waals surface area contributed by atoms with E-state index in [9.17, 15) is 9.90 Å². The van der Waals surface area contributed by atoms with Crippen molar-refractivity contribution in [1.82, 2.24) is 14.9 Å². The highest BCUT2D eigenvalue weighted by Crippen LogP contribution is 2.40. The predicted octanol–water partition coefficient (Wildman–Crippen LogP) is 1.74. The number of carbonyl (C=O) groups excluding carboxylic acids is 1. The zero-order chi connectivity index (χ0) is 18.9. The maximum atomic E-state index is 13.0. The van der Waals surface area contributed by atoms with E-state index in [0.29, 0.717) is 50.2 Å². The van der Waals surface area contributed by atoms with Gasteiger partial charge in [0.25, 0.3) is 0 Å². The number of hydrogen-bond donors (Lipinski definition) is 1. The molecule has 1 spiro atoms. The molecule has 27 heavy (non-hydrogen) atoms. The largest absolute Gasteiger partial charge is 0.392 e. The van der Waals surface area contributed by atoms with Crippen LogP contribution in [-0.2, 0) is 9.53 Å². The van der Waals surface area contributed by atoms with Gasteiger partial charge in [0.15, 0.2) is 0 Å². The van der Waals surface area contributed by atoms with Crippen LogP contribution in [0.5, 0.6) is 0 Å². The maximum Gasteiger partial charge on any atom is 0.225 e. The van der Waals surface area contributed by atoms with E-state index in [4.69, 9.17) is 16.3 Å². The molecule has 1 aromatic heterocycles. The molecule has 0 saturated carbocycles. The minimum absolute atomic E-state index is 0.0605. The van der Waals surface area contributed by atoms with Gasteiger partial charge >= 0.3 is 0 Å². The van der Waals surface area contributed by atoms with Gasteiger partial charge in [0.05, 0.1) is 23.5 Å². The Morgan fingerprint density at radius 2 is 1.93 bits per heavy atom. The number of likely N-dealkylation sites (tertiary alicyclic amines) is 1. The van der Waals surface area contributed by atoms with Crippen molar-refractivity contribution in [3.8, 4) is 0 Å². The molecule has 8 heteroatoms. The Hall–Kier alpha value is -1.44. The van der Waals surface area contributed by atoms with E-state index < -0.39 is 6.10 Å². The average molecular weight is 395 g/mol. The van der Waals surface area contributed by atoms with E-state index in [1.807, 2.05) is 4.90 Å². The summed E-state index contributed by atoms with van der Waals surface area (Å²) in [5, 5.41) is 11.4. The van der Waals surface area contributed by atoms with E-state index in [-0.39, 0.29) is 17.2 Å². The van der Waals surface area contributed by atoms with Crippen LogP contribution in [0.25, 0.3) is 0 Å². The molecule has 0 aromatic carbocycles. The number of aliphatic hydroxyl groups excluding tert-OH is 1. The minimum Gasteiger partial charge on any atom is -0.392 e. The lowest BCUT2D eigenvalue weighted by molar-refractivity contribution is -0.145. The molecule has 3 aliphatic heterocycles. The molecule has 4 rings (SSSR count). The number of ether oxygens (including phenoxy) is 1. The molecule has 0 unspecified atom stereocenters. The summed E-state index contributed by atoms with van der Waals surface area (Å²) in [7, 11) is 0. The van der Waals surface area contributed by atoms with Gasteiger partial charge in [-0.05, 0) is 32.1 Å². The van der Waals surface area contributed by atoms with Crippen molar-refractivity contribution in [3.05, 3.63) is 17.4 Å². The number of halogens is 1. The molecule has 7 nitrogen and oxygen atoms in total. The van der Waals surface area contributed by atoms with Crippen LogP contribution in [0.2, 0.25) is 5.02 Å². The summed E-state index contributed by atoms with van der Waals surface area (Å²) in [6, 6.07) is 0. The molecule has 148 valence electrons. The molecule has 1 aromatic rings. The first kappa shape index (κ1) is 18.9. The van der Waals surface area contributed by atoms with Gasteiger partial charge in [-0.2, -0.15) is 0 Å². The van der Waals surface area contributed by atoms with Gasteiger partial charge in [-0.15, -0.1) is 0 Å². The van der Waals surface area contributed by atoms with Crippen LogP contribution in [-0.4, -0.2) is 71.4 Å². The number of rotatable bonds is 2. The van der Waals surface area contributed by atoms with Crippen molar-refractivity contribution in [2.24, 2.45) is 11.3 Å². The Bertz CT molecular complexity index is 667. The molecule has 2 atom stereocenters. The SMILES string of the molecule is O=C(C1CCOCC1)N1CCC[C@]2(C1)CN(c1ncc(Cl)cn1)CC[C@H]2O. The topological polar surface area (TPSA) is 78.8 Å². The summed E-state index contributed by atoms with van der Waals surface area (Å²) in [5.41, 5.74) is -0.319. The first-order valence-corrected chi connectivity index (χ1v) is 10.2. The monoisotopic (exact) mass is 394 g/mol. The lowest BCUT2D eigenvalue weighted by atomic mass is 9.71. The minimum atomic E-state index is -0.411. The lowest BCUT2D eigenvalue weighted by Crippen LogP contribution is -2.60. The Balaban J connectivity index is 1.49.